The Morgan fingerprint density at radius 1 is 0.778 bits per heavy atom. The fraction of sp³-hybridized carbons (Fsp3) is 0.548. The molecule has 0 fully saturated rings. The van der Waals surface area contributed by atoms with Crippen molar-refractivity contribution < 1.29 is 24.5 Å². The van der Waals surface area contributed by atoms with Crippen LogP contribution in [0.2, 0.25) is 0 Å². The van der Waals surface area contributed by atoms with E-state index in [0.717, 1.165) is 46.2 Å². The Bertz CT molecular complexity index is 999. The second kappa shape index (κ2) is 13.7. The molecule has 0 saturated heterocycles. The standard InChI is InChI=1S/C20H22O3.C11H24O2/c1-11-7-13(3)17(14(4)8-11)18(21)20(22)23-19-15(5)9-12(2)10-16(19)6;1-9(2)5-6-11(7-12,8-13)10(3)4/h7-10H,1-6H3;9-10,12-13H,5-8H2,1-4H3. The fourth-order valence-corrected chi connectivity index (χ4v) is 4.55. The number of hydrogen-bond acceptors (Lipinski definition) is 5. The number of esters is 1. The van der Waals surface area contributed by atoms with Crippen molar-refractivity contribution >= 4 is 11.8 Å². The Morgan fingerprint density at radius 3 is 1.56 bits per heavy atom. The number of ketones is 1. The van der Waals surface area contributed by atoms with E-state index in [4.69, 9.17) is 4.74 Å². The van der Waals surface area contributed by atoms with Gasteiger partial charge in [-0.2, -0.15) is 0 Å². The van der Waals surface area contributed by atoms with Crippen molar-refractivity contribution in [3.8, 4) is 5.75 Å². The van der Waals surface area contributed by atoms with Gasteiger partial charge in [-0.05, 0) is 82.1 Å². The Morgan fingerprint density at radius 2 is 1.19 bits per heavy atom. The summed E-state index contributed by atoms with van der Waals surface area (Å²) >= 11 is 0. The number of rotatable bonds is 9. The average molecular weight is 499 g/mol. The lowest BCUT2D eigenvalue weighted by molar-refractivity contribution is -0.129. The number of carbonyl (C=O) groups is 2. The molecule has 0 spiro atoms. The van der Waals surface area contributed by atoms with Crippen LogP contribution >= 0.6 is 0 Å². The Kier molecular flexibility index (Phi) is 12.0. The van der Waals surface area contributed by atoms with Gasteiger partial charge in [-0.25, -0.2) is 4.79 Å². The molecule has 0 saturated carbocycles. The van der Waals surface area contributed by atoms with Crippen LogP contribution in [0.15, 0.2) is 24.3 Å². The Labute approximate surface area is 217 Å². The van der Waals surface area contributed by atoms with Crippen LogP contribution in [0.3, 0.4) is 0 Å². The first kappa shape index (κ1) is 31.5. The highest BCUT2D eigenvalue weighted by molar-refractivity contribution is 6.41. The molecule has 2 rings (SSSR count). The third kappa shape index (κ3) is 8.28. The fourth-order valence-electron chi connectivity index (χ4n) is 4.55. The topological polar surface area (TPSA) is 83.8 Å². The molecule has 5 heteroatoms. The summed E-state index contributed by atoms with van der Waals surface area (Å²) in [6.45, 7) is 20.0. The molecule has 0 amide bonds. The largest absolute Gasteiger partial charge is 0.420 e. The van der Waals surface area contributed by atoms with E-state index >= 15 is 0 Å². The van der Waals surface area contributed by atoms with Crippen LogP contribution in [-0.2, 0) is 4.79 Å². The molecule has 36 heavy (non-hydrogen) atoms. The molecule has 0 atom stereocenters. The molecule has 2 aromatic rings. The van der Waals surface area contributed by atoms with E-state index in [9.17, 15) is 19.8 Å². The third-order valence-corrected chi connectivity index (χ3v) is 6.96. The summed E-state index contributed by atoms with van der Waals surface area (Å²) in [7, 11) is 0. The molecule has 200 valence electrons. The molecule has 0 aromatic heterocycles. The first-order valence-corrected chi connectivity index (χ1v) is 12.8. The van der Waals surface area contributed by atoms with Gasteiger partial charge in [0.05, 0.1) is 13.2 Å². The van der Waals surface area contributed by atoms with Crippen LogP contribution in [0.1, 0.15) is 84.3 Å². The van der Waals surface area contributed by atoms with Gasteiger partial charge in [0.25, 0.3) is 5.78 Å². The van der Waals surface area contributed by atoms with Gasteiger partial charge in [-0.1, -0.05) is 69.5 Å². The predicted octanol–water partition coefficient (Wildman–Crippen LogP) is 6.38. The van der Waals surface area contributed by atoms with Crippen molar-refractivity contribution in [2.45, 2.75) is 82.1 Å². The molecule has 0 aliphatic carbocycles. The predicted molar refractivity (Wildman–Crippen MR) is 147 cm³/mol. The summed E-state index contributed by atoms with van der Waals surface area (Å²) in [5.74, 6) is 0.00308. The maximum Gasteiger partial charge on any atom is 0.385 e. The minimum Gasteiger partial charge on any atom is -0.420 e. The molecule has 0 bridgehead atoms. The van der Waals surface area contributed by atoms with E-state index in [2.05, 4.69) is 27.7 Å². The molecular formula is C31H46O5. The zero-order valence-corrected chi connectivity index (χ0v) is 23.9. The van der Waals surface area contributed by atoms with Gasteiger partial charge in [-0.15, -0.1) is 0 Å². The number of Topliss-reactive ketones (excluding diaryl/α,β-unsaturated/α-hetero) is 1. The second-order valence-corrected chi connectivity index (χ2v) is 11.0. The first-order chi connectivity index (χ1) is 16.7. The SMILES string of the molecule is CC(C)CCC(CO)(CO)C(C)C.Cc1cc(C)c(OC(=O)C(=O)c2c(C)cc(C)cc2C)c(C)c1. The molecule has 0 radical (unpaired) electrons. The van der Waals surface area contributed by atoms with Crippen LogP contribution in [0.25, 0.3) is 0 Å². The molecule has 0 heterocycles. The van der Waals surface area contributed by atoms with Crippen molar-refractivity contribution in [2.24, 2.45) is 17.3 Å². The normalized spacial score (nSPS) is 11.4. The number of benzene rings is 2. The molecule has 5 nitrogen and oxygen atoms in total. The van der Waals surface area contributed by atoms with Crippen molar-refractivity contribution in [3.05, 3.63) is 63.2 Å². The summed E-state index contributed by atoms with van der Waals surface area (Å²) in [6, 6.07) is 7.66. The molecule has 0 aliphatic rings. The van der Waals surface area contributed by atoms with E-state index in [0.29, 0.717) is 23.1 Å². The zero-order chi connectivity index (χ0) is 27.8. The molecule has 2 N–H and O–H groups in total. The first-order valence-electron chi connectivity index (χ1n) is 12.8. The van der Waals surface area contributed by atoms with Gasteiger partial charge < -0.3 is 14.9 Å². The minimum absolute atomic E-state index is 0.0912. The summed E-state index contributed by atoms with van der Waals surface area (Å²) < 4.78 is 5.40. The van der Waals surface area contributed by atoms with Gasteiger partial charge in [0, 0.05) is 11.0 Å². The lowest BCUT2D eigenvalue weighted by Crippen LogP contribution is -2.35. The highest BCUT2D eigenvalue weighted by Gasteiger charge is 2.32. The van der Waals surface area contributed by atoms with Crippen molar-refractivity contribution in [3.63, 3.8) is 0 Å². The summed E-state index contributed by atoms with van der Waals surface area (Å²) in [5.41, 5.74) is 5.60. The number of carbonyl (C=O) groups excluding carboxylic acids is 2. The quantitative estimate of drug-likeness (QED) is 0.181. The van der Waals surface area contributed by atoms with E-state index in [1.54, 1.807) is 0 Å². The maximum atomic E-state index is 12.5. The van der Waals surface area contributed by atoms with E-state index in [-0.39, 0.29) is 18.6 Å². The van der Waals surface area contributed by atoms with Crippen LogP contribution in [0.5, 0.6) is 5.75 Å². The van der Waals surface area contributed by atoms with Gasteiger partial charge in [-0.3, -0.25) is 4.79 Å². The number of aryl methyl sites for hydroxylation is 6. The van der Waals surface area contributed by atoms with Crippen molar-refractivity contribution in [1.29, 1.82) is 0 Å². The molecular weight excluding hydrogens is 452 g/mol. The molecule has 2 aromatic carbocycles. The van der Waals surface area contributed by atoms with Gasteiger partial charge in [0.2, 0.25) is 0 Å². The van der Waals surface area contributed by atoms with E-state index < -0.39 is 11.8 Å². The van der Waals surface area contributed by atoms with Gasteiger partial charge >= 0.3 is 5.97 Å². The van der Waals surface area contributed by atoms with E-state index in [1.165, 1.54) is 0 Å². The minimum atomic E-state index is -0.838. The van der Waals surface area contributed by atoms with Crippen molar-refractivity contribution in [2.75, 3.05) is 13.2 Å². The molecule has 0 aliphatic heterocycles. The third-order valence-electron chi connectivity index (χ3n) is 6.96. The smallest absolute Gasteiger partial charge is 0.385 e. The molecule has 0 unspecified atom stereocenters. The van der Waals surface area contributed by atoms with Crippen LogP contribution in [0, 0.1) is 58.8 Å². The Hall–Kier alpha value is -2.50. The lowest BCUT2D eigenvalue weighted by atomic mass is 9.74. The summed E-state index contributed by atoms with van der Waals surface area (Å²) in [4.78, 5) is 24.8. The highest BCUT2D eigenvalue weighted by atomic mass is 16.5. The number of hydrogen-bond donors (Lipinski definition) is 2. The zero-order valence-electron chi connectivity index (χ0n) is 23.9. The van der Waals surface area contributed by atoms with Gasteiger partial charge in [0.15, 0.2) is 0 Å². The number of aliphatic hydroxyl groups excluding tert-OH is 2. The maximum absolute atomic E-state index is 12.5. The van der Waals surface area contributed by atoms with Crippen LogP contribution in [-0.4, -0.2) is 35.2 Å². The number of ether oxygens (including phenoxy) is 1. The van der Waals surface area contributed by atoms with Crippen LogP contribution < -0.4 is 4.74 Å². The second-order valence-electron chi connectivity index (χ2n) is 11.0. The van der Waals surface area contributed by atoms with Crippen LogP contribution in [0.4, 0.5) is 0 Å². The summed E-state index contributed by atoms with van der Waals surface area (Å²) in [6.07, 6.45) is 1.98. The lowest BCUT2D eigenvalue weighted by Gasteiger charge is -2.34. The Balaban J connectivity index is 0.000000426. The summed E-state index contributed by atoms with van der Waals surface area (Å²) in [5, 5.41) is 18.6. The average Bonchev–Trinajstić information content (AvgIpc) is 2.76. The van der Waals surface area contributed by atoms with E-state index in [1.807, 2.05) is 65.8 Å². The number of aliphatic hydroxyl groups is 2. The highest BCUT2D eigenvalue weighted by Crippen LogP contribution is 2.33. The van der Waals surface area contributed by atoms with Crippen molar-refractivity contribution in [1.82, 2.24) is 0 Å². The monoisotopic (exact) mass is 498 g/mol. The van der Waals surface area contributed by atoms with Gasteiger partial charge in [0.1, 0.15) is 5.75 Å².